The Morgan fingerprint density at radius 2 is 1.76 bits per heavy atom. The summed E-state index contributed by atoms with van der Waals surface area (Å²) in [6.07, 6.45) is 0. The molecule has 7 heteroatoms. The summed E-state index contributed by atoms with van der Waals surface area (Å²) in [5.41, 5.74) is 1.70. The summed E-state index contributed by atoms with van der Waals surface area (Å²) in [4.78, 5) is 11.6. The number of allylic oxidation sites excluding steroid dienone is 1. The molecule has 1 aliphatic rings. The molecule has 6 nitrogen and oxygen atoms in total. The van der Waals surface area contributed by atoms with Crippen molar-refractivity contribution in [2.45, 2.75) is 12.5 Å². The van der Waals surface area contributed by atoms with Crippen molar-refractivity contribution in [1.82, 2.24) is 5.32 Å². The van der Waals surface area contributed by atoms with Crippen LogP contribution in [0.25, 0.3) is 0 Å². The predicted octanol–water partition coefficient (Wildman–Crippen LogP) is 4.81. The maximum Gasteiger partial charge on any atom is 0.317 e. The fourth-order valence-electron chi connectivity index (χ4n) is 3.42. The molecule has 146 valence electrons. The Bertz CT molecular complexity index is 1100. The van der Waals surface area contributed by atoms with E-state index >= 15 is 0 Å². The minimum atomic E-state index is -0.841. The Hall–Kier alpha value is -3.51. The predicted molar refractivity (Wildman–Crippen MR) is 109 cm³/mol. The Balaban J connectivity index is 1.84. The third-order valence-electron chi connectivity index (χ3n) is 4.74. The zero-order valence-electron chi connectivity index (χ0n) is 15.2. The summed E-state index contributed by atoms with van der Waals surface area (Å²) >= 11 is 6.12. The van der Waals surface area contributed by atoms with Crippen LogP contribution in [0.3, 0.4) is 0 Å². The first-order chi connectivity index (χ1) is 14.0. The van der Waals surface area contributed by atoms with Gasteiger partial charge in [0, 0.05) is 22.7 Å². The molecule has 3 aromatic rings. The molecule has 0 saturated heterocycles. The molecular formula is C22H17ClN2O4. The minimum Gasteiger partial charge on any atom is -0.508 e. The number of hydrogen-bond acceptors (Lipinski definition) is 5. The highest BCUT2D eigenvalue weighted by atomic mass is 35.5. The zero-order valence-corrected chi connectivity index (χ0v) is 16.0. The van der Waals surface area contributed by atoms with Gasteiger partial charge in [0.15, 0.2) is 0 Å². The number of phenolic OH excluding ortho intramolecular Hbond substituents is 1. The molecule has 0 aromatic heterocycles. The average Bonchev–Trinajstić information content (AvgIpc) is 2.73. The molecule has 0 aliphatic carbocycles. The van der Waals surface area contributed by atoms with Gasteiger partial charge in [0.2, 0.25) is 0 Å². The first kappa shape index (κ1) is 18.8. The van der Waals surface area contributed by atoms with Gasteiger partial charge < -0.3 is 15.2 Å². The number of hydrogen-bond donors (Lipinski definition) is 2. The summed E-state index contributed by atoms with van der Waals surface area (Å²) < 4.78 is 5.86. The Morgan fingerprint density at radius 1 is 1.03 bits per heavy atom. The molecule has 0 spiro atoms. The normalized spacial score (nSPS) is 15.4. The van der Waals surface area contributed by atoms with Gasteiger partial charge in [-0.15, -0.1) is 0 Å². The quantitative estimate of drug-likeness (QED) is 0.467. The first-order valence-corrected chi connectivity index (χ1v) is 9.34. The molecule has 4 rings (SSSR count). The van der Waals surface area contributed by atoms with Crippen LogP contribution in [0.1, 0.15) is 22.6 Å². The Labute approximate surface area is 172 Å². The molecule has 29 heavy (non-hydrogen) atoms. The van der Waals surface area contributed by atoms with E-state index in [1.807, 2.05) is 30.3 Å². The SMILES string of the molecule is O=[N+]([O-])C1=C(NCc2ccccc2)Oc2ccccc2C1c1cc(Cl)ccc1O. The summed E-state index contributed by atoms with van der Waals surface area (Å²) in [5, 5.41) is 25.9. The maximum atomic E-state index is 12.1. The molecule has 2 N–H and O–H groups in total. The number of nitrogens with zero attached hydrogens (tertiary/aromatic N) is 1. The van der Waals surface area contributed by atoms with E-state index in [1.54, 1.807) is 30.3 Å². The fourth-order valence-corrected chi connectivity index (χ4v) is 3.60. The molecule has 0 bridgehead atoms. The van der Waals surface area contributed by atoms with Crippen molar-refractivity contribution >= 4 is 11.6 Å². The van der Waals surface area contributed by atoms with E-state index in [0.29, 0.717) is 28.4 Å². The largest absolute Gasteiger partial charge is 0.508 e. The van der Waals surface area contributed by atoms with Crippen LogP contribution in [0.2, 0.25) is 5.02 Å². The number of nitrogens with one attached hydrogen (secondary N) is 1. The van der Waals surface area contributed by atoms with Crippen molar-refractivity contribution in [3.05, 3.63) is 116 Å². The molecule has 0 radical (unpaired) electrons. The van der Waals surface area contributed by atoms with Gasteiger partial charge in [-0.3, -0.25) is 10.1 Å². The average molecular weight is 409 g/mol. The van der Waals surface area contributed by atoms with Gasteiger partial charge in [-0.25, -0.2) is 0 Å². The highest BCUT2D eigenvalue weighted by Gasteiger charge is 2.40. The van der Waals surface area contributed by atoms with Crippen LogP contribution < -0.4 is 10.1 Å². The van der Waals surface area contributed by atoms with Crippen molar-refractivity contribution < 1.29 is 14.8 Å². The Kier molecular flexibility index (Phi) is 5.10. The number of halogens is 1. The number of benzene rings is 3. The number of para-hydroxylation sites is 1. The minimum absolute atomic E-state index is 0.0435. The van der Waals surface area contributed by atoms with Crippen molar-refractivity contribution in [2.24, 2.45) is 0 Å². The molecule has 0 fully saturated rings. The summed E-state index contributed by atoms with van der Waals surface area (Å²) in [7, 11) is 0. The lowest BCUT2D eigenvalue weighted by atomic mass is 9.86. The molecule has 0 amide bonds. The summed E-state index contributed by atoms with van der Waals surface area (Å²) in [6, 6.07) is 21.1. The van der Waals surface area contributed by atoms with Crippen molar-refractivity contribution in [3.63, 3.8) is 0 Å². The van der Waals surface area contributed by atoms with Gasteiger partial charge in [-0.05, 0) is 29.8 Å². The van der Waals surface area contributed by atoms with E-state index < -0.39 is 10.8 Å². The summed E-state index contributed by atoms with van der Waals surface area (Å²) in [6.45, 7) is 0.351. The first-order valence-electron chi connectivity index (χ1n) is 8.96. The number of fused-ring (bicyclic) bond motifs is 1. The summed E-state index contributed by atoms with van der Waals surface area (Å²) in [5.74, 6) is -0.384. The van der Waals surface area contributed by atoms with Crippen molar-refractivity contribution in [1.29, 1.82) is 0 Å². The van der Waals surface area contributed by atoms with Gasteiger partial charge in [0.05, 0.1) is 4.92 Å². The number of aromatic hydroxyl groups is 1. The maximum absolute atomic E-state index is 12.1. The monoisotopic (exact) mass is 408 g/mol. The lowest BCUT2D eigenvalue weighted by Gasteiger charge is -2.26. The van der Waals surface area contributed by atoms with E-state index in [9.17, 15) is 15.2 Å². The number of rotatable bonds is 5. The highest BCUT2D eigenvalue weighted by Crippen LogP contribution is 2.45. The van der Waals surface area contributed by atoms with E-state index in [1.165, 1.54) is 12.1 Å². The second-order valence-corrected chi connectivity index (χ2v) is 7.02. The van der Waals surface area contributed by atoms with E-state index in [0.717, 1.165) is 5.56 Å². The molecule has 1 unspecified atom stereocenters. The number of phenols is 1. The van der Waals surface area contributed by atoms with Crippen LogP contribution in [0.4, 0.5) is 0 Å². The standard InChI is InChI=1S/C22H17ClN2O4/c23-15-10-11-18(26)17(12-15)20-16-8-4-5-9-19(16)29-22(21(20)25(27)28)24-13-14-6-2-1-3-7-14/h1-12,20,24,26H,13H2. The second-order valence-electron chi connectivity index (χ2n) is 6.59. The van der Waals surface area contributed by atoms with Crippen LogP contribution in [0.5, 0.6) is 11.5 Å². The fraction of sp³-hybridized carbons (Fsp3) is 0.0909. The van der Waals surface area contributed by atoms with Crippen molar-refractivity contribution in [3.8, 4) is 11.5 Å². The van der Waals surface area contributed by atoms with Crippen molar-refractivity contribution in [2.75, 3.05) is 0 Å². The van der Waals surface area contributed by atoms with Crippen LogP contribution in [-0.4, -0.2) is 10.0 Å². The van der Waals surface area contributed by atoms with Crippen LogP contribution >= 0.6 is 11.6 Å². The van der Waals surface area contributed by atoms with E-state index in [4.69, 9.17) is 16.3 Å². The van der Waals surface area contributed by atoms with Gasteiger partial charge in [0.25, 0.3) is 5.88 Å². The molecular weight excluding hydrogens is 392 g/mol. The van der Waals surface area contributed by atoms with Crippen LogP contribution in [0, 0.1) is 10.1 Å². The number of ether oxygens (including phenoxy) is 1. The Morgan fingerprint density at radius 3 is 2.52 bits per heavy atom. The third kappa shape index (κ3) is 3.75. The lowest BCUT2D eigenvalue weighted by Crippen LogP contribution is -2.29. The van der Waals surface area contributed by atoms with E-state index in [-0.39, 0.29) is 17.3 Å². The second kappa shape index (κ2) is 7.85. The third-order valence-corrected chi connectivity index (χ3v) is 4.98. The smallest absolute Gasteiger partial charge is 0.317 e. The van der Waals surface area contributed by atoms with E-state index in [2.05, 4.69) is 5.32 Å². The molecule has 1 aliphatic heterocycles. The molecule has 3 aromatic carbocycles. The van der Waals surface area contributed by atoms with Gasteiger partial charge in [0.1, 0.15) is 17.4 Å². The van der Waals surface area contributed by atoms with Gasteiger partial charge in [-0.1, -0.05) is 60.1 Å². The highest BCUT2D eigenvalue weighted by molar-refractivity contribution is 6.30. The van der Waals surface area contributed by atoms with Crippen LogP contribution in [0.15, 0.2) is 84.4 Å². The topological polar surface area (TPSA) is 84.6 Å². The van der Waals surface area contributed by atoms with Gasteiger partial charge >= 0.3 is 5.70 Å². The lowest BCUT2D eigenvalue weighted by molar-refractivity contribution is -0.433. The van der Waals surface area contributed by atoms with Gasteiger partial charge in [-0.2, -0.15) is 0 Å². The van der Waals surface area contributed by atoms with Crippen LogP contribution in [-0.2, 0) is 6.54 Å². The molecule has 0 saturated carbocycles. The molecule has 1 heterocycles. The molecule has 1 atom stereocenters. The number of nitro groups is 1. The zero-order chi connectivity index (χ0) is 20.4.